The van der Waals surface area contributed by atoms with Gasteiger partial charge in [0.15, 0.2) is 6.61 Å². The van der Waals surface area contributed by atoms with Crippen molar-refractivity contribution in [1.29, 1.82) is 0 Å². The van der Waals surface area contributed by atoms with Gasteiger partial charge in [-0.15, -0.1) is 0 Å². The number of nitrogens with zero attached hydrogens (tertiary/aromatic N) is 2. The summed E-state index contributed by atoms with van der Waals surface area (Å²) in [6.45, 7) is 7.05. The summed E-state index contributed by atoms with van der Waals surface area (Å²) in [4.78, 5) is 16.5. The van der Waals surface area contributed by atoms with Gasteiger partial charge < -0.3 is 19.3 Å². The van der Waals surface area contributed by atoms with Crippen molar-refractivity contribution in [2.24, 2.45) is 0 Å². The van der Waals surface area contributed by atoms with Gasteiger partial charge in [0.1, 0.15) is 11.5 Å². The first-order valence-electron chi connectivity index (χ1n) is 9.19. The summed E-state index contributed by atoms with van der Waals surface area (Å²) < 4.78 is 11.2. The zero-order chi connectivity index (χ0) is 19.2. The maximum absolute atomic E-state index is 12.4. The predicted molar refractivity (Wildman–Crippen MR) is 108 cm³/mol. The van der Waals surface area contributed by atoms with E-state index < -0.39 is 0 Å². The first-order chi connectivity index (χ1) is 13.0. The average Bonchev–Trinajstić information content (AvgIpc) is 2.67. The molecule has 2 aromatic carbocycles. The van der Waals surface area contributed by atoms with E-state index in [-0.39, 0.29) is 18.6 Å². The highest BCUT2D eigenvalue weighted by atomic mass is 35.5. The van der Waals surface area contributed by atoms with E-state index in [0.717, 1.165) is 24.5 Å². The number of rotatable bonds is 6. The SMILES string of the molecule is CC(C)Oc1ccc(N2CCN(C(=O)COc3ccc(Cl)cc3)CC2)cc1. The Morgan fingerprint density at radius 1 is 0.963 bits per heavy atom. The number of benzene rings is 2. The maximum Gasteiger partial charge on any atom is 0.260 e. The van der Waals surface area contributed by atoms with Gasteiger partial charge in [0, 0.05) is 36.9 Å². The lowest BCUT2D eigenvalue weighted by atomic mass is 10.2. The Hall–Kier alpha value is -2.40. The van der Waals surface area contributed by atoms with Crippen molar-refractivity contribution >= 4 is 23.2 Å². The molecule has 0 atom stereocenters. The van der Waals surface area contributed by atoms with Gasteiger partial charge in [-0.05, 0) is 62.4 Å². The van der Waals surface area contributed by atoms with E-state index in [2.05, 4.69) is 17.0 Å². The van der Waals surface area contributed by atoms with Crippen LogP contribution in [0.15, 0.2) is 48.5 Å². The number of ether oxygens (including phenoxy) is 2. The fraction of sp³-hybridized carbons (Fsp3) is 0.381. The highest BCUT2D eigenvalue weighted by Gasteiger charge is 2.21. The van der Waals surface area contributed by atoms with Crippen LogP contribution in [-0.4, -0.2) is 49.7 Å². The van der Waals surface area contributed by atoms with Crippen molar-refractivity contribution < 1.29 is 14.3 Å². The summed E-state index contributed by atoms with van der Waals surface area (Å²) in [7, 11) is 0. The summed E-state index contributed by atoms with van der Waals surface area (Å²) in [5.74, 6) is 1.53. The minimum Gasteiger partial charge on any atom is -0.491 e. The molecule has 1 amide bonds. The van der Waals surface area contributed by atoms with Crippen LogP contribution in [0, 0.1) is 0 Å². The van der Waals surface area contributed by atoms with Crippen LogP contribution in [0.4, 0.5) is 5.69 Å². The van der Waals surface area contributed by atoms with Gasteiger partial charge >= 0.3 is 0 Å². The Bertz CT molecular complexity index is 739. The van der Waals surface area contributed by atoms with Crippen molar-refractivity contribution in [2.75, 3.05) is 37.7 Å². The van der Waals surface area contributed by atoms with Gasteiger partial charge in [-0.25, -0.2) is 0 Å². The van der Waals surface area contributed by atoms with Gasteiger partial charge in [-0.3, -0.25) is 4.79 Å². The topological polar surface area (TPSA) is 42.0 Å². The smallest absolute Gasteiger partial charge is 0.260 e. The zero-order valence-corrected chi connectivity index (χ0v) is 16.5. The molecular weight excluding hydrogens is 364 g/mol. The molecule has 0 bridgehead atoms. The molecule has 0 saturated carbocycles. The fourth-order valence-electron chi connectivity index (χ4n) is 2.99. The minimum atomic E-state index is 0.00489. The van der Waals surface area contributed by atoms with Gasteiger partial charge in [-0.1, -0.05) is 11.6 Å². The molecule has 0 aromatic heterocycles. The fourth-order valence-corrected chi connectivity index (χ4v) is 3.11. The molecule has 0 radical (unpaired) electrons. The Balaban J connectivity index is 1.46. The molecule has 6 heteroatoms. The van der Waals surface area contributed by atoms with Crippen LogP contribution in [0.25, 0.3) is 0 Å². The molecule has 1 aliphatic rings. The van der Waals surface area contributed by atoms with E-state index in [4.69, 9.17) is 21.1 Å². The van der Waals surface area contributed by atoms with E-state index in [1.54, 1.807) is 24.3 Å². The van der Waals surface area contributed by atoms with Gasteiger partial charge in [0.25, 0.3) is 5.91 Å². The lowest BCUT2D eigenvalue weighted by molar-refractivity contribution is -0.133. The van der Waals surface area contributed by atoms with E-state index >= 15 is 0 Å². The number of piperazine rings is 1. The van der Waals surface area contributed by atoms with Crippen LogP contribution >= 0.6 is 11.6 Å². The summed E-state index contributed by atoms with van der Waals surface area (Å²) in [6.07, 6.45) is 0.167. The van der Waals surface area contributed by atoms with Gasteiger partial charge in [0.05, 0.1) is 6.10 Å². The number of amides is 1. The molecule has 0 N–H and O–H groups in total. The third-order valence-corrected chi connectivity index (χ3v) is 4.63. The third-order valence-electron chi connectivity index (χ3n) is 4.38. The van der Waals surface area contributed by atoms with Gasteiger partial charge in [0.2, 0.25) is 0 Å². The number of hydrogen-bond acceptors (Lipinski definition) is 4. The molecule has 3 rings (SSSR count). The quantitative estimate of drug-likeness (QED) is 0.753. The summed E-state index contributed by atoms with van der Waals surface area (Å²) >= 11 is 5.85. The zero-order valence-electron chi connectivity index (χ0n) is 15.7. The molecule has 0 aliphatic carbocycles. The predicted octanol–water partition coefficient (Wildman–Crippen LogP) is 3.85. The maximum atomic E-state index is 12.4. The molecule has 1 aliphatic heterocycles. The second-order valence-corrected chi connectivity index (χ2v) is 7.21. The summed E-state index contributed by atoms with van der Waals surface area (Å²) in [6, 6.07) is 15.1. The number of carbonyl (C=O) groups is 1. The normalized spacial score (nSPS) is 14.4. The highest BCUT2D eigenvalue weighted by Crippen LogP contribution is 2.22. The van der Waals surface area contributed by atoms with Crippen molar-refractivity contribution in [3.8, 4) is 11.5 Å². The number of halogens is 1. The molecule has 1 heterocycles. The average molecular weight is 389 g/mol. The molecule has 0 unspecified atom stereocenters. The number of anilines is 1. The second-order valence-electron chi connectivity index (χ2n) is 6.77. The minimum absolute atomic E-state index is 0.00489. The van der Waals surface area contributed by atoms with Crippen LogP contribution in [0.2, 0.25) is 5.02 Å². The molecule has 2 aromatic rings. The third kappa shape index (κ3) is 5.54. The van der Waals surface area contributed by atoms with Crippen LogP contribution in [-0.2, 0) is 4.79 Å². The Kier molecular flexibility index (Phi) is 6.45. The van der Waals surface area contributed by atoms with E-state index in [1.165, 1.54) is 0 Å². The van der Waals surface area contributed by atoms with Gasteiger partial charge in [-0.2, -0.15) is 0 Å². The molecule has 144 valence electrons. The lowest BCUT2D eigenvalue weighted by Crippen LogP contribution is -2.50. The van der Waals surface area contributed by atoms with E-state index in [1.807, 2.05) is 30.9 Å². The number of hydrogen-bond donors (Lipinski definition) is 0. The Morgan fingerprint density at radius 3 is 2.15 bits per heavy atom. The van der Waals surface area contributed by atoms with Crippen LogP contribution < -0.4 is 14.4 Å². The highest BCUT2D eigenvalue weighted by molar-refractivity contribution is 6.30. The van der Waals surface area contributed by atoms with Crippen LogP contribution in [0.1, 0.15) is 13.8 Å². The second kappa shape index (κ2) is 9.00. The number of carbonyl (C=O) groups excluding carboxylic acids is 1. The first-order valence-corrected chi connectivity index (χ1v) is 9.57. The Labute approximate surface area is 165 Å². The lowest BCUT2D eigenvalue weighted by Gasteiger charge is -2.36. The standard InChI is InChI=1S/C21H25ClN2O3/c1-16(2)27-20-9-5-18(6-10-20)23-11-13-24(14-12-23)21(25)15-26-19-7-3-17(22)4-8-19/h3-10,16H,11-15H2,1-2H3. The first kappa shape index (κ1) is 19.4. The molecule has 1 saturated heterocycles. The van der Waals surface area contributed by atoms with Crippen molar-refractivity contribution in [1.82, 2.24) is 4.90 Å². The molecule has 5 nitrogen and oxygen atoms in total. The molecular formula is C21H25ClN2O3. The summed E-state index contributed by atoms with van der Waals surface area (Å²) in [5, 5.41) is 0.647. The monoisotopic (exact) mass is 388 g/mol. The summed E-state index contributed by atoms with van der Waals surface area (Å²) in [5.41, 5.74) is 1.15. The molecule has 0 spiro atoms. The largest absolute Gasteiger partial charge is 0.491 e. The molecule has 1 fully saturated rings. The van der Waals surface area contributed by atoms with Crippen molar-refractivity contribution in [2.45, 2.75) is 20.0 Å². The van der Waals surface area contributed by atoms with E-state index in [9.17, 15) is 4.79 Å². The van der Waals surface area contributed by atoms with Crippen LogP contribution in [0.5, 0.6) is 11.5 Å². The Morgan fingerprint density at radius 2 is 1.56 bits per heavy atom. The van der Waals surface area contributed by atoms with Crippen LogP contribution in [0.3, 0.4) is 0 Å². The molecule has 27 heavy (non-hydrogen) atoms. The van der Waals surface area contributed by atoms with Crippen molar-refractivity contribution in [3.63, 3.8) is 0 Å². The van der Waals surface area contributed by atoms with Crippen molar-refractivity contribution in [3.05, 3.63) is 53.6 Å². The van der Waals surface area contributed by atoms with E-state index in [0.29, 0.717) is 23.9 Å².